The highest BCUT2D eigenvalue weighted by molar-refractivity contribution is 5.79. The SMILES string of the molecule is CN(CCc1ccccn1)C(=O)CC[C@H]1CCCN(C(=O)CC2=CCCCC2)C1. The van der Waals surface area contributed by atoms with Crippen LogP contribution in [0.15, 0.2) is 36.0 Å². The van der Waals surface area contributed by atoms with Gasteiger partial charge in [-0.2, -0.15) is 0 Å². The summed E-state index contributed by atoms with van der Waals surface area (Å²) in [4.78, 5) is 33.4. The Kier molecular flexibility index (Phi) is 8.26. The van der Waals surface area contributed by atoms with Gasteiger partial charge in [0.15, 0.2) is 0 Å². The molecule has 0 radical (unpaired) electrons. The van der Waals surface area contributed by atoms with Crippen LogP contribution in [0.25, 0.3) is 0 Å². The lowest BCUT2D eigenvalue weighted by Crippen LogP contribution is -2.40. The molecule has 1 aromatic rings. The molecular formula is C24H35N3O2. The van der Waals surface area contributed by atoms with Crippen LogP contribution < -0.4 is 0 Å². The van der Waals surface area contributed by atoms with E-state index in [1.165, 1.54) is 18.4 Å². The normalized spacial score (nSPS) is 19.6. The number of piperidine rings is 1. The number of hydrogen-bond donors (Lipinski definition) is 0. The largest absolute Gasteiger partial charge is 0.345 e. The van der Waals surface area contributed by atoms with Gasteiger partial charge in [-0.15, -0.1) is 0 Å². The van der Waals surface area contributed by atoms with Crippen LogP contribution in [0.2, 0.25) is 0 Å². The van der Waals surface area contributed by atoms with E-state index < -0.39 is 0 Å². The minimum absolute atomic E-state index is 0.191. The first-order valence-electron chi connectivity index (χ1n) is 11.2. The first kappa shape index (κ1) is 21.5. The van der Waals surface area contributed by atoms with Crippen LogP contribution >= 0.6 is 0 Å². The summed E-state index contributed by atoms with van der Waals surface area (Å²) in [7, 11) is 1.87. The Morgan fingerprint density at radius 1 is 1.24 bits per heavy atom. The van der Waals surface area contributed by atoms with E-state index >= 15 is 0 Å². The number of allylic oxidation sites excluding steroid dienone is 1. The van der Waals surface area contributed by atoms with Crippen molar-refractivity contribution in [2.75, 3.05) is 26.7 Å². The summed E-state index contributed by atoms with van der Waals surface area (Å²) in [6.07, 6.45) is 13.7. The van der Waals surface area contributed by atoms with Crippen LogP contribution in [0.3, 0.4) is 0 Å². The molecule has 2 amide bonds. The van der Waals surface area contributed by atoms with Gasteiger partial charge in [-0.1, -0.05) is 17.7 Å². The number of hydrogen-bond acceptors (Lipinski definition) is 3. The van der Waals surface area contributed by atoms with Crippen LogP contribution in [-0.4, -0.2) is 53.3 Å². The monoisotopic (exact) mass is 397 g/mol. The molecule has 1 aromatic heterocycles. The van der Waals surface area contributed by atoms with Gasteiger partial charge in [0, 0.05) is 57.8 Å². The van der Waals surface area contributed by atoms with Gasteiger partial charge in [0.1, 0.15) is 0 Å². The molecule has 1 aliphatic carbocycles. The summed E-state index contributed by atoms with van der Waals surface area (Å²) < 4.78 is 0. The Balaban J connectivity index is 1.38. The minimum Gasteiger partial charge on any atom is -0.345 e. The molecule has 5 heteroatoms. The fourth-order valence-corrected chi connectivity index (χ4v) is 4.37. The predicted octanol–water partition coefficient (Wildman–Crippen LogP) is 3.99. The summed E-state index contributed by atoms with van der Waals surface area (Å²) >= 11 is 0. The van der Waals surface area contributed by atoms with Crippen molar-refractivity contribution in [3.05, 3.63) is 41.7 Å². The van der Waals surface area contributed by atoms with Crippen molar-refractivity contribution in [3.63, 3.8) is 0 Å². The lowest BCUT2D eigenvalue weighted by atomic mass is 9.92. The number of nitrogens with zero attached hydrogens (tertiary/aromatic N) is 3. The Morgan fingerprint density at radius 2 is 2.14 bits per heavy atom. The van der Waals surface area contributed by atoms with E-state index in [9.17, 15) is 9.59 Å². The fraction of sp³-hybridized carbons (Fsp3) is 0.625. The molecule has 29 heavy (non-hydrogen) atoms. The van der Waals surface area contributed by atoms with Gasteiger partial charge < -0.3 is 9.80 Å². The van der Waals surface area contributed by atoms with Crippen molar-refractivity contribution in [2.24, 2.45) is 5.92 Å². The van der Waals surface area contributed by atoms with E-state index in [1.807, 2.05) is 35.0 Å². The molecule has 0 saturated carbocycles. The minimum atomic E-state index is 0.191. The summed E-state index contributed by atoms with van der Waals surface area (Å²) in [6, 6.07) is 5.88. The third kappa shape index (κ3) is 6.98. The molecule has 0 aromatic carbocycles. The first-order valence-corrected chi connectivity index (χ1v) is 11.2. The number of aromatic nitrogens is 1. The summed E-state index contributed by atoms with van der Waals surface area (Å²) in [6.45, 7) is 2.39. The number of rotatable bonds is 8. The zero-order valence-electron chi connectivity index (χ0n) is 17.8. The molecule has 2 aliphatic rings. The Labute approximate surface area is 175 Å². The molecule has 1 atom stereocenters. The highest BCUT2D eigenvalue weighted by Crippen LogP contribution is 2.25. The molecule has 0 bridgehead atoms. The molecule has 1 saturated heterocycles. The van der Waals surface area contributed by atoms with Crippen LogP contribution in [0.1, 0.15) is 63.5 Å². The van der Waals surface area contributed by atoms with Crippen molar-refractivity contribution in [1.82, 2.24) is 14.8 Å². The van der Waals surface area contributed by atoms with Gasteiger partial charge in [-0.25, -0.2) is 0 Å². The number of amides is 2. The van der Waals surface area contributed by atoms with Gasteiger partial charge in [-0.3, -0.25) is 14.6 Å². The van der Waals surface area contributed by atoms with Crippen molar-refractivity contribution in [2.45, 2.75) is 64.2 Å². The maximum absolute atomic E-state index is 12.7. The maximum Gasteiger partial charge on any atom is 0.226 e. The number of carbonyl (C=O) groups excluding carboxylic acids is 2. The summed E-state index contributed by atoms with van der Waals surface area (Å²) in [5, 5.41) is 0. The van der Waals surface area contributed by atoms with Gasteiger partial charge in [0.05, 0.1) is 0 Å². The molecule has 5 nitrogen and oxygen atoms in total. The van der Waals surface area contributed by atoms with E-state index in [-0.39, 0.29) is 11.8 Å². The van der Waals surface area contributed by atoms with Crippen LogP contribution in [-0.2, 0) is 16.0 Å². The molecule has 0 N–H and O–H groups in total. The molecule has 0 spiro atoms. The molecule has 1 fully saturated rings. The van der Waals surface area contributed by atoms with Crippen LogP contribution in [0.5, 0.6) is 0 Å². The Bertz CT molecular complexity index is 701. The first-order chi connectivity index (χ1) is 14.1. The maximum atomic E-state index is 12.7. The summed E-state index contributed by atoms with van der Waals surface area (Å²) in [5.74, 6) is 0.916. The van der Waals surface area contributed by atoms with Gasteiger partial charge in [-0.05, 0) is 63.0 Å². The van der Waals surface area contributed by atoms with Crippen LogP contribution in [0, 0.1) is 5.92 Å². The number of likely N-dealkylation sites (N-methyl/N-ethyl adjacent to an activating group) is 1. The molecular weight excluding hydrogens is 362 g/mol. The highest BCUT2D eigenvalue weighted by Gasteiger charge is 2.25. The van der Waals surface area contributed by atoms with Crippen molar-refractivity contribution in [1.29, 1.82) is 0 Å². The Hall–Kier alpha value is -2.17. The van der Waals surface area contributed by atoms with E-state index in [0.717, 1.165) is 57.3 Å². The van der Waals surface area contributed by atoms with Gasteiger partial charge in [0.2, 0.25) is 11.8 Å². The molecule has 1 aliphatic heterocycles. The standard InChI is InChI=1S/C24H35N3O2/c1-26(17-14-22-11-5-6-15-25-22)23(28)13-12-21-10-7-16-27(19-21)24(29)18-20-8-3-2-4-9-20/h5-6,8,11,15,21H,2-4,7,9-10,12-14,16-19H2,1H3/t21-/m1/s1. The smallest absolute Gasteiger partial charge is 0.226 e. The topological polar surface area (TPSA) is 53.5 Å². The molecule has 2 heterocycles. The highest BCUT2D eigenvalue weighted by atomic mass is 16.2. The van der Waals surface area contributed by atoms with E-state index in [4.69, 9.17) is 0 Å². The van der Waals surface area contributed by atoms with E-state index in [1.54, 1.807) is 6.20 Å². The average Bonchev–Trinajstić information content (AvgIpc) is 2.77. The average molecular weight is 398 g/mol. The Morgan fingerprint density at radius 3 is 2.90 bits per heavy atom. The van der Waals surface area contributed by atoms with Crippen LogP contribution in [0.4, 0.5) is 0 Å². The molecule has 158 valence electrons. The van der Waals surface area contributed by atoms with E-state index in [2.05, 4.69) is 11.1 Å². The second-order valence-electron chi connectivity index (χ2n) is 8.56. The molecule has 3 rings (SSSR count). The third-order valence-electron chi connectivity index (χ3n) is 6.26. The number of pyridine rings is 1. The van der Waals surface area contributed by atoms with Crippen molar-refractivity contribution < 1.29 is 9.59 Å². The quantitative estimate of drug-likeness (QED) is 0.623. The zero-order valence-corrected chi connectivity index (χ0v) is 17.8. The zero-order chi connectivity index (χ0) is 20.5. The second kappa shape index (κ2) is 11.1. The third-order valence-corrected chi connectivity index (χ3v) is 6.26. The molecule has 0 unspecified atom stereocenters. The lowest BCUT2D eigenvalue weighted by Gasteiger charge is -2.33. The van der Waals surface area contributed by atoms with Gasteiger partial charge >= 0.3 is 0 Å². The van der Waals surface area contributed by atoms with E-state index in [0.29, 0.717) is 25.3 Å². The predicted molar refractivity (Wildman–Crippen MR) is 115 cm³/mol. The van der Waals surface area contributed by atoms with Gasteiger partial charge in [0.25, 0.3) is 0 Å². The van der Waals surface area contributed by atoms with Crippen molar-refractivity contribution in [3.8, 4) is 0 Å². The summed E-state index contributed by atoms with van der Waals surface area (Å²) in [5.41, 5.74) is 2.34. The number of likely N-dealkylation sites (tertiary alicyclic amines) is 1. The fourth-order valence-electron chi connectivity index (χ4n) is 4.37. The lowest BCUT2D eigenvalue weighted by molar-refractivity contribution is -0.132. The van der Waals surface area contributed by atoms with Crippen molar-refractivity contribution >= 4 is 11.8 Å². The second-order valence-corrected chi connectivity index (χ2v) is 8.56. The number of carbonyl (C=O) groups is 2.